The molecule has 0 aliphatic carbocycles. The first-order valence-corrected chi connectivity index (χ1v) is 7.51. The van der Waals surface area contributed by atoms with Gasteiger partial charge in [0.2, 0.25) is 0 Å². The molecule has 0 spiro atoms. The highest BCUT2D eigenvalue weighted by Crippen LogP contribution is 2.28. The molecule has 0 radical (unpaired) electrons. The summed E-state index contributed by atoms with van der Waals surface area (Å²) in [5, 5.41) is 13.3. The summed E-state index contributed by atoms with van der Waals surface area (Å²) < 4.78 is 0. The lowest BCUT2D eigenvalue weighted by Gasteiger charge is -2.26. The van der Waals surface area contributed by atoms with Gasteiger partial charge in [-0.3, -0.25) is 4.90 Å². The molecule has 2 saturated heterocycles. The third-order valence-electron chi connectivity index (χ3n) is 4.60. The molecular formula is C16H24N2O. The third-order valence-corrected chi connectivity index (χ3v) is 4.60. The summed E-state index contributed by atoms with van der Waals surface area (Å²) >= 11 is 0. The van der Waals surface area contributed by atoms with Gasteiger partial charge in [-0.15, -0.1) is 0 Å². The molecule has 2 fully saturated rings. The van der Waals surface area contributed by atoms with Crippen LogP contribution in [0.1, 0.15) is 24.8 Å². The Morgan fingerprint density at radius 3 is 2.84 bits per heavy atom. The molecule has 3 atom stereocenters. The molecule has 0 bridgehead atoms. The van der Waals surface area contributed by atoms with Crippen LogP contribution in [0.5, 0.6) is 0 Å². The van der Waals surface area contributed by atoms with E-state index in [1.54, 1.807) is 0 Å². The Labute approximate surface area is 115 Å². The second kappa shape index (κ2) is 6.04. The van der Waals surface area contributed by atoms with E-state index in [4.69, 9.17) is 0 Å². The minimum absolute atomic E-state index is 0.188. The van der Waals surface area contributed by atoms with Crippen molar-refractivity contribution in [3.8, 4) is 0 Å². The highest BCUT2D eigenvalue weighted by atomic mass is 16.3. The van der Waals surface area contributed by atoms with Crippen LogP contribution in [-0.2, 0) is 6.42 Å². The summed E-state index contributed by atoms with van der Waals surface area (Å²) in [4.78, 5) is 2.61. The van der Waals surface area contributed by atoms with E-state index in [0.717, 1.165) is 6.42 Å². The molecule has 3 heteroatoms. The number of rotatable bonds is 5. The highest BCUT2D eigenvalue weighted by molar-refractivity contribution is 5.16. The smallest absolute Gasteiger partial charge is 0.0587 e. The maximum absolute atomic E-state index is 9.61. The number of benzene rings is 1. The van der Waals surface area contributed by atoms with Gasteiger partial charge in [-0.2, -0.15) is 0 Å². The Morgan fingerprint density at radius 2 is 2.05 bits per heavy atom. The zero-order valence-corrected chi connectivity index (χ0v) is 11.5. The number of aliphatic hydroxyl groups excluding tert-OH is 1. The molecule has 3 rings (SSSR count). The summed E-state index contributed by atoms with van der Waals surface area (Å²) in [5.74, 6) is 0. The van der Waals surface area contributed by atoms with Crippen LogP contribution in [0, 0.1) is 0 Å². The molecule has 1 aromatic rings. The number of nitrogens with one attached hydrogen (secondary N) is 1. The molecule has 2 heterocycles. The lowest BCUT2D eigenvalue weighted by molar-refractivity contribution is 0.217. The van der Waals surface area contributed by atoms with Gasteiger partial charge in [0.05, 0.1) is 6.61 Å². The Balaban J connectivity index is 1.58. The van der Waals surface area contributed by atoms with Crippen molar-refractivity contribution in [2.75, 3.05) is 19.7 Å². The Hall–Kier alpha value is -0.900. The SMILES string of the molecule is OCC(Cc1ccccc1)NC1CCN2CCCC12. The van der Waals surface area contributed by atoms with Crippen molar-refractivity contribution in [1.82, 2.24) is 10.2 Å². The average Bonchev–Trinajstić information content (AvgIpc) is 3.04. The second-order valence-electron chi connectivity index (χ2n) is 5.88. The van der Waals surface area contributed by atoms with Crippen LogP contribution in [0.2, 0.25) is 0 Å². The van der Waals surface area contributed by atoms with E-state index in [0.29, 0.717) is 12.1 Å². The normalized spacial score (nSPS) is 28.5. The Bertz CT molecular complexity index is 395. The molecule has 104 valence electrons. The maximum Gasteiger partial charge on any atom is 0.0587 e. The topological polar surface area (TPSA) is 35.5 Å². The van der Waals surface area contributed by atoms with E-state index in [1.807, 2.05) is 6.07 Å². The molecule has 3 unspecified atom stereocenters. The zero-order chi connectivity index (χ0) is 13.1. The fourth-order valence-corrected chi connectivity index (χ4v) is 3.65. The molecule has 2 aliphatic heterocycles. The molecular weight excluding hydrogens is 236 g/mol. The van der Waals surface area contributed by atoms with Gasteiger partial charge in [-0.05, 0) is 37.8 Å². The van der Waals surface area contributed by atoms with Crippen molar-refractivity contribution in [2.24, 2.45) is 0 Å². The lowest BCUT2D eigenvalue weighted by Crippen LogP contribution is -2.47. The lowest BCUT2D eigenvalue weighted by atomic mass is 10.0. The van der Waals surface area contributed by atoms with Gasteiger partial charge in [0.25, 0.3) is 0 Å². The van der Waals surface area contributed by atoms with Gasteiger partial charge >= 0.3 is 0 Å². The van der Waals surface area contributed by atoms with E-state index >= 15 is 0 Å². The molecule has 3 nitrogen and oxygen atoms in total. The largest absolute Gasteiger partial charge is 0.395 e. The van der Waals surface area contributed by atoms with Gasteiger partial charge in [0, 0.05) is 24.7 Å². The predicted molar refractivity (Wildman–Crippen MR) is 77.2 cm³/mol. The van der Waals surface area contributed by atoms with Crippen LogP contribution in [0.3, 0.4) is 0 Å². The van der Waals surface area contributed by atoms with Crippen LogP contribution in [0.15, 0.2) is 30.3 Å². The van der Waals surface area contributed by atoms with Crippen molar-refractivity contribution in [3.05, 3.63) is 35.9 Å². The van der Waals surface area contributed by atoms with Crippen molar-refractivity contribution in [1.29, 1.82) is 0 Å². The van der Waals surface area contributed by atoms with Crippen LogP contribution in [-0.4, -0.2) is 47.8 Å². The quantitative estimate of drug-likeness (QED) is 0.840. The number of fused-ring (bicyclic) bond motifs is 1. The predicted octanol–water partition coefficient (Wildman–Crippen LogP) is 1.42. The number of hydrogen-bond donors (Lipinski definition) is 2. The number of hydrogen-bond acceptors (Lipinski definition) is 3. The van der Waals surface area contributed by atoms with Crippen molar-refractivity contribution in [2.45, 2.75) is 43.8 Å². The van der Waals surface area contributed by atoms with E-state index in [2.05, 4.69) is 34.5 Å². The summed E-state index contributed by atoms with van der Waals surface area (Å²) in [6.45, 7) is 2.72. The van der Waals surface area contributed by atoms with Crippen LogP contribution < -0.4 is 5.32 Å². The van der Waals surface area contributed by atoms with Crippen LogP contribution >= 0.6 is 0 Å². The van der Waals surface area contributed by atoms with Gasteiger partial charge in [-0.25, -0.2) is 0 Å². The summed E-state index contributed by atoms with van der Waals surface area (Å²) in [7, 11) is 0. The van der Waals surface area contributed by atoms with E-state index in [1.165, 1.54) is 37.9 Å². The first kappa shape index (κ1) is 13.1. The van der Waals surface area contributed by atoms with E-state index < -0.39 is 0 Å². The Morgan fingerprint density at radius 1 is 1.21 bits per heavy atom. The highest BCUT2D eigenvalue weighted by Gasteiger charge is 2.37. The standard InChI is InChI=1S/C16H24N2O/c19-12-14(11-13-5-2-1-3-6-13)17-15-8-10-18-9-4-7-16(15)18/h1-3,5-6,14-17,19H,4,7-12H2. The monoisotopic (exact) mass is 260 g/mol. The minimum Gasteiger partial charge on any atom is -0.395 e. The fraction of sp³-hybridized carbons (Fsp3) is 0.625. The van der Waals surface area contributed by atoms with Gasteiger partial charge in [0.15, 0.2) is 0 Å². The average molecular weight is 260 g/mol. The Kier molecular flexibility index (Phi) is 4.16. The van der Waals surface area contributed by atoms with Crippen molar-refractivity contribution >= 4 is 0 Å². The summed E-state index contributed by atoms with van der Waals surface area (Å²) in [6, 6.07) is 11.9. The number of nitrogens with zero attached hydrogens (tertiary/aromatic N) is 1. The molecule has 19 heavy (non-hydrogen) atoms. The van der Waals surface area contributed by atoms with Crippen LogP contribution in [0.25, 0.3) is 0 Å². The van der Waals surface area contributed by atoms with Gasteiger partial charge < -0.3 is 10.4 Å². The number of aliphatic hydroxyl groups is 1. The molecule has 2 N–H and O–H groups in total. The molecule has 0 aromatic heterocycles. The molecule has 0 saturated carbocycles. The van der Waals surface area contributed by atoms with Gasteiger partial charge in [0.1, 0.15) is 0 Å². The third kappa shape index (κ3) is 2.99. The first-order chi connectivity index (χ1) is 9.36. The van der Waals surface area contributed by atoms with Crippen molar-refractivity contribution < 1.29 is 5.11 Å². The van der Waals surface area contributed by atoms with E-state index in [-0.39, 0.29) is 12.6 Å². The maximum atomic E-state index is 9.61. The van der Waals surface area contributed by atoms with E-state index in [9.17, 15) is 5.11 Å². The van der Waals surface area contributed by atoms with Crippen LogP contribution in [0.4, 0.5) is 0 Å². The minimum atomic E-state index is 0.188. The zero-order valence-electron chi connectivity index (χ0n) is 11.5. The van der Waals surface area contributed by atoms with Gasteiger partial charge in [-0.1, -0.05) is 30.3 Å². The molecule has 2 aliphatic rings. The summed E-state index contributed by atoms with van der Waals surface area (Å²) in [6.07, 6.45) is 4.81. The summed E-state index contributed by atoms with van der Waals surface area (Å²) in [5.41, 5.74) is 1.30. The molecule has 0 amide bonds. The fourth-order valence-electron chi connectivity index (χ4n) is 3.65. The second-order valence-corrected chi connectivity index (χ2v) is 5.88. The van der Waals surface area contributed by atoms with Crippen molar-refractivity contribution in [3.63, 3.8) is 0 Å². The molecule has 1 aromatic carbocycles. The first-order valence-electron chi connectivity index (χ1n) is 7.51.